The van der Waals surface area contributed by atoms with Crippen molar-refractivity contribution in [2.24, 2.45) is 5.73 Å². The Morgan fingerprint density at radius 2 is 2.11 bits per heavy atom. The summed E-state index contributed by atoms with van der Waals surface area (Å²) in [6, 6.07) is 5.87. The number of primary amides is 1. The van der Waals surface area contributed by atoms with Gasteiger partial charge in [-0.1, -0.05) is 6.07 Å². The first-order valence-corrected chi connectivity index (χ1v) is 6.07. The summed E-state index contributed by atoms with van der Waals surface area (Å²) in [6.07, 6.45) is 2.18. The number of benzene rings is 1. The predicted octanol–water partition coefficient (Wildman–Crippen LogP) is 0.868. The molecule has 1 amide bonds. The lowest BCUT2D eigenvalue weighted by molar-refractivity contribution is -0.124. The summed E-state index contributed by atoms with van der Waals surface area (Å²) in [5.74, 6) is 0.989. The molecular weight excluding hydrogens is 232 g/mol. The Labute approximate surface area is 105 Å². The molecule has 1 atom stereocenters. The molecule has 1 fully saturated rings. The number of fused-ring (bicyclic) bond motifs is 1. The number of carbonyl (C=O) groups excluding carboxylic acids is 1. The molecule has 1 aromatic rings. The normalized spacial score (nSPS) is 20.5. The van der Waals surface area contributed by atoms with Crippen molar-refractivity contribution in [3.63, 3.8) is 0 Å². The summed E-state index contributed by atoms with van der Waals surface area (Å²) in [6.45, 7) is 2.04. The van der Waals surface area contributed by atoms with Crippen LogP contribution in [0.15, 0.2) is 18.2 Å². The van der Waals surface area contributed by atoms with E-state index in [-0.39, 0.29) is 12.7 Å². The fraction of sp³-hybridized carbons (Fsp3) is 0.462. The maximum Gasteiger partial charge on any atom is 0.242 e. The Morgan fingerprint density at radius 1 is 1.39 bits per heavy atom. The largest absolute Gasteiger partial charge is 0.454 e. The van der Waals surface area contributed by atoms with Crippen LogP contribution in [0.1, 0.15) is 25.3 Å². The number of ether oxygens (including phenoxy) is 2. The van der Waals surface area contributed by atoms with Gasteiger partial charge in [-0.15, -0.1) is 0 Å². The third-order valence-electron chi connectivity index (χ3n) is 3.51. The topological polar surface area (TPSA) is 73.6 Å². The van der Waals surface area contributed by atoms with Gasteiger partial charge < -0.3 is 15.2 Å². The minimum Gasteiger partial charge on any atom is -0.454 e. The molecule has 0 bridgehead atoms. The smallest absolute Gasteiger partial charge is 0.242 e. The van der Waals surface area contributed by atoms with Crippen LogP contribution >= 0.6 is 0 Å². The number of hydrogen-bond donors (Lipinski definition) is 2. The molecule has 0 saturated heterocycles. The Balaban J connectivity index is 1.96. The van der Waals surface area contributed by atoms with E-state index in [0.717, 1.165) is 18.4 Å². The zero-order chi connectivity index (χ0) is 12.8. The zero-order valence-electron chi connectivity index (χ0n) is 10.2. The van der Waals surface area contributed by atoms with E-state index in [2.05, 4.69) is 5.32 Å². The van der Waals surface area contributed by atoms with Crippen LogP contribution in [-0.4, -0.2) is 18.7 Å². The molecule has 2 aliphatic rings. The third-order valence-corrected chi connectivity index (χ3v) is 3.51. The SMILES string of the molecule is CC(NC1CC1)(C(N)=O)c1ccc2c(c1)OCO2. The van der Waals surface area contributed by atoms with E-state index in [1.807, 2.05) is 25.1 Å². The molecule has 0 radical (unpaired) electrons. The first-order chi connectivity index (χ1) is 8.59. The maximum absolute atomic E-state index is 11.8. The van der Waals surface area contributed by atoms with Crippen molar-refractivity contribution in [1.82, 2.24) is 5.32 Å². The monoisotopic (exact) mass is 248 g/mol. The van der Waals surface area contributed by atoms with Gasteiger partial charge in [0.2, 0.25) is 12.7 Å². The van der Waals surface area contributed by atoms with Gasteiger partial charge in [0.25, 0.3) is 0 Å². The van der Waals surface area contributed by atoms with E-state index in [9.17, 15) is 4.79 Å². The second kappa shape index (κ2) is 3.88. The minimum atomic E-state index is -0.859. The van der Waals surface area contributed by atoms with Gasteiger partial charge in [0.15, 0.2) is 11.5 Å². The third kappa shape index (κ3) is 1.80. The lowest BCUT2D eigenvalue weighted by Crippen LogP contribution is -2.51. The van der Waals surface area contributed by atoms with Crippen LogP contribution in [0.2, 0.25) is 0 Å². The Hall–Kier alpha value is -1.75. The van der Waals surface area contributed by atoms with E-state index < -0.39 is 5.54 Å². The van der Waals surface area contributed by atoms with Gasteiger partial charge >= 0.3 is 0 Å². The van der Waals surface area contributed by atoms with Gasteiger partial charge in [0.1, 0.15) is 5.54 Å². The summed E-state index contributed by atoms with van der Waals surface area (Å²) in [4.78, 5) is 11.8. The molecule has 1 unspecified atom stereocenters. The molecular formula is C13H16N2O3. The fourth-order valence-electron chi connectivity index (χ4n) is 2.14. The minimum absolute atomic E-state index is 0.224. The lowest BCUT2D eigenvalue weighted by Gasteiger charge is -2.28. The molecule has 1 aromatic carbocycles. The van der Waals surface area contributed by atoms with Crippen LogP contribution in [0.4, 0.5) is 0 Å². The molecule has 5 nitrogen and oxygen atoms in total. The van der Waals surface area contributed by atoms with Crippen LogP contribution in [0.25, 0.3) is 0 Å². The van der Waals surface area contributed by atoms with E-state index in [4.69, 9.17) is 15.2 Å². The van der Waals surface area contributed by atoms with E-state index in [1.54, 1.807) is 0 Å². The molecule has 0 aromatic heterocycles. The van der Waals surface area contributed by atoms with E-state index in [0.29, 0.717) is 17.5 Å². The summed E-state index contributed by atoms with van der Waals surface area (Å²) < 4.78 is 10.6. The summed E-state index contributed by atoms with van der Waals surface area (Å²) in [5.41, 5.74) is 5.50. The molecule has 18 heavy (non-hydrogen) atoms. The lowest BCUT2D eigenvalue weighted by atomic mass is 9.90. The first kappa shape index (κ1) is 11.3. The van der Waals surface area contributed by atoms with Crippen LogP contribution in [0.5, 0.6) is 11.5 Å². The zero-order valence-corrected chi connectivity index (χ0v) is 10.2. The van der Waals surface area contributed by atoms with Gasteiger partial charge in [0, 0.05) is 6.04 Å². The van der Waals surface area contributed by atoms with Gasteiger partial charge in [-0.05, 0) is 37.5 Å². The molecule has 1 aliphatic carbocycles. The van der Waals surface area contributed by atoms with Crippen molar-refractivity contribution in [3.05, 3.63) is 23.8 Å². The Bertz CT molecular complexity index is 499. The van der Waals surface area contributed by atoms with Crippen molar-refractivity contribution in [2.45, 2.75) is 31.3 Å². The number of rotatable bonds is 4. The van der Waals surface area contributed by atoms with Crippen molar-refractivity contribution in [2.75, 3.05) is 6.79 Å². The molecule has 3 rings (SSSR count). The predicted molar refractivity (Wildman–Crippen MR) is 65.3 cm³/mol. The number of nitrogens with one attached hydrogen (secondary N) is 1. The van der Waals surface area contributed by atoms with Gasteiger partial charge in [-0.2, -0.15) is 0 Å². The highest BCUT2D eigenvalue weighted by Gasteiger charge is 2.39. The van der Waals surface area contributed by atoms with Crippen molar-refractivity contribution < 1.29 is 14.3 Å². The van der Waals surface area contributed by atoms with Gasteiger partial charge in [-0.25, -0.2) is 0 Å². The number of carbonyl (C=O) groups is 1. The number of nitrogens with two attached hydrogens (primary N) is 1. The quantitative estimate of drug-likeness (QED) is 0.829. The summed E-state index contributed by atoms with van der Waals surface area (Å²) in [7, 11) is 0. The number of hydrogen-bond acceptors (Lipinski definition) is 4. The second-order valence-electron chi connectivity index (χ2n) is 4.98. The molecule has 5 heteroatoms. The van der Waals surface area contributed by atoms with Crippen LogP contribution in [-0.2, 0) is 10.3 Å². The second-order valence-corrected chi connectivity index (χ2v) is 4.98. The van der Waals surface area contributed by atoms with E-state index >= 15 is 0 Å². The Kier molecular flexibility index (Phi) is 2.45. The molecule has 1 saturated carbocycles. The van der Waals surface area contributed by atoms with E-state index in [1.165, 1.54) is 0 Å². The van der Waals surface area contributed by atoms with Gasteiger partial charge in [-0.3, -0.25) is 10.1 Å². The van der Waals surface area contributed by atoms with Crippen LogP contribution < -0.4 is 20.5 Å². The van der Waals surface area contributed by atoms with Crippen LogP contribution in [0, 0.1) is 0 Å². The molecule has 96 valence electrons. The van der Waals surface area contributed by atoms with Crippen molar-refractivity contribution in [3.8, 4) is 11.5 Å². The summed E-state index contributed by atoms with van der Waals surface area (Å²) in [5, 5.41) is 3.30. The highest BCUT2D eigenvalue weighted by atomic mass is 16.7. The van der Waals surface area contributed by atoms with Crippen molar-refractivity contribution >= 4 is 5.91 Å². The molecule has 1 aliphatic heterocycles. The number of amides is 1. The molecule has 0 spiro atoms. The highest BCUT2D eigenvalue weighted by Crippen LogP contribution is 2.36. The standard InChI is InChI=1S/C13H16N2O3/c1-13(12(14)16,15-9-3-4-9)8-2-5-10-11(6-8)18-7-17-10/h2,5-6,9,15H,3-4,7H2,1H3,(H2,14,16). The summed E-state index contributed by atoms with van der Waals surface area (Å²) >= 11 is 0. The average molecular weight is 248 g/mol. The van der Waals surface area contributed by atoms with Crippen LogP contribution in [0.3, 0.4) is 0 Å². The Morgan fingerprint density at radius 3 is 2.78 bits per heavy atom. The van der Waals surface area contributed by atoms with Crippen molar-refractivity contribution in [1.29, 1.82) is 0 Å². The molecule has 1 heterocycles. The fourth-order valence-corrected chi connectivity index (χ4v) is 2.14. The first-order valence-electron chi connectivity index (χ1n) is 6.07. The van der Waals surface area contributed by atoms with Gasteiger partial charge in [0.05, 0.1) is 0 Å². The highest BCUT2D eigenvalue weighted by molar-refractivity contribution is 5.86. The maximum atomic E-state index is 11.8. The molecule has 3 N–H and O–H groups in total. The average Bonchev–Trinajstić information content (AvgIpc) is 3.03.